The maximum Gasteiger partial charge on any atom is 0.0319 e. The Bertz CT molecular complexity index is 424. The first-order valence-electron chi connectivity index (χ1n) is 8.56. The molecule has 3 atom stereocenters. The molecule has 2 rings (SSSR count). The molecule has 0 amide bonds. The van der Waals surface area contributed by atoms with Crippen molar-refractivity contribution in [3.63, 3.8) is 0 Å². The molecule has 2 N–H and O–H groups in total. The van der Waals surface area contributed by atoms with E-state index in [2.05, 4.69) is 57.0 Å². The van der Waals surface area contributed by atoms with E-state index >= 15 is 0 Å². The van der Waals surface area contributed by atoms with E-state index in [4.69, 9.17) is 5.73 Å². The molecular weight excluding hydrogens is 256 g/mol. The summed E-state index contributed by atoms with van der Waals surface area (Å²) in [5, 5.41) is 0. The first kappa shape index (κ1) is 16.5. The van der Waals surface area contributed by atoms with Crippen molar-refractivity contribution in [3.8, 4) is 0 Å². The van der Waals surface area contributed by atoms with E-state index in [1.807, 2.05) is 0 Å². The summed E-state index contributed by atoms with van der Waals surface area (Å²) in [6.45, 7) is 7.65. The Morgan fingerprint density at radius 3 is 2.19 bits per heavy atom. The lowest BCUT2D eigenvalue weighted by atomic mass is 9.83. The van der Waals surface area contributed by atoms with Crippen LogP contribution in [0.15, 0.2) is 24.3 Å². The third-order valence-corrected chi connectivity index (χ3v) is 5.39. The number of hydrogen-bond acceptors (Lipinski definition) is 2. The van der Waals surface area contributed by atoms with Crippen LogP contribution in [0.2, 0.25) is 0 Å². The second kappa shape index (κ2) is 7.42. The summed E-state index contributed by atoms with van der Waals surface area (Å²) in [7, 11) is 2.28. The monoisotopic (exact) mass is 288 g/mol. The molecule has 0 aliphatic heterocycles. The van der Waals surface area contributed by atoms with E-state index in [1.54, 1.807) is 0 Å². The molecule has 1 aromatic rings. The van der Waals surface area contributed by atoms with Crippen molar-refractivity contribution in [1.29, 1.82) is 0 Å². The van der Waals surface area contributed by atoms with Crippen LogP contribution < -0.4 is 5.73 Å². The second-order valence-electron chi connectivity index (χ2n) is 7.01. The predicted octanol–water partition coefficient (Wildman–Crippen LogP) is 4.32. The van der Waals surface area contributed by atoms with Crippen molar-refractivity contribution in [2.75, 3.05) is 13.6 Å². The fourth-order valence-corrected chi connectivity index (χ4v) is 3.68. The zero-order valence-electron chi connectivity index (χ0n) is 14.2. The standard InChI is InChI=1S/C19H32N2/c1-14(2)16-9-11-17(12-10-16)15(3)21(4)19-8-6-5-7-18(19)13-20/h9-12,14-15,18-19H,5-8,13,20H2,1-4H3. The highest BCUT2D eigenvalue weighted by atomic mass is 15.2. The van der Waals surface area contributed by atoms with Gasteiger partial charge in [0.05, 0.1) is 0 Å². The summed E-state index contributed by atoms with van der Waals surface area (Å²) in [5.74, 6) is 1.27. The van der Waals surface area contributed by atoms with Crippen LogP contribution >= 0.6 is 0 Å². The Morgan fingerprint density at radius 1 is 1.05 bits per heavy atom. The van der Waals surface area contributed by atoms with Gasteiger partial charge in [0, 0.05) is 12.1 Å². The topological polar surface area (TPSA) is 29.3 Å². The maximum absolute atomic E-state index is 6.00. The van der Waals surface area contributed by atoms with Crippen molar-refractivity contribution in [3.05, 3.63) is 35.4 Å². The fourth-order valence-electron chi connectivity index (χ4n) is 3.68. The van der Waals surface area contributed by atoms with Gasteiger partial charge in [0.15, 0.2) is 0 Å². The lowest BCUT2D eigenvalue weighted by Gasteiger charge is -2.40. The molecule has 0 radical (unpaired) electrons. The van der Waals surface area contributed by atoms with Gasteiger partial charge >= 0.3 is 0 Å². The summed E-state index contributed by atoms with van der Waals surface area (Å²) >= 11 is 0. The summed E-state index contributed by atoms with van der Waals surface area (Å²) in [6, 6.07) is 10.3. The van der Waals surface area contributed by atoms with E-state index in [0.717, 1.165) is 6.54 Å². The van der Waals surface area contributed by atoms with Crippen LogP contribution in [0.1, 0.15) is 69.5 Å². The zero-order valence-corrected chi connectivity index (χ0v) is 14.2. The lowest BCUT2D eigenvalue weighted by molar-refractivity contribution is 0.0989. The highest BCUT2D eigenvalue weighted by Crippen LogP contribution is 2.32. The molecule has 1 aliphatic rings. The Hall–Kier alpha value is -0.860. The number of benzene rings is 1. The van der Waals surface area contributed by atoms with Crippen LogP contribution in [0.25, 0.3) is 0 Å². The van der Waals surface area contributed by atoms with Gasteiger partial charge in [-0.3, -0.25) is 4.90 Å². The average molecular weight is 288 g/mol. The van der Waals surface area contributed by atoms with Crippen molar-refractivity contribution in [2.45, 2.75) is 64.5 Å². The van der Waals surface area contributed by atoms with Gasteiger partial charge < -0.3 is 5.73 Å². The molecule has 21 heavy (non-hydrogen) atoms. The molecule has 1 aliphatic carbocycles. The molecule has 0 heterocycles. The van der Waals surface area contributed by atoms with E-state index in [9.17, 15) is 0 Å². The third kappa shape index (κ3) is 3.87. The summed E-state index contributed by atoms with van der Waals surface area (Å²) in [4.78, 5) is 2.56. The molecule has 2 heteroatoms. The molecule has 0 saturated heterocycles. The van der Waals surface area contributed by atoms with E-state index in [1.165, 1.54) is 36.8 Å². The van der Waals surface area contributed by atoms with Crippen LogP contribution in [0.3, 0.4) is 0 Å². The summed E-state index contributed by atoms with van der Waals surface area (Å²) < 4.78 is 0. The Kier molecular flexibility index (Phi) is 5.83. The Labute approximate surface area is 130 Å². The molecule has 1 aromatic carbocycles. The highest BCUT2D eigenvalue weighted by molar-refractivity contribution is 5.26. The minimum Gasteiger partial charge on any atom is -0.330 e. The summed E-state index contributed by atoms with van der Waals surface area (Å²) in [6.07, 6.45) is 5.30. The van der Waals surface area contributed by atoms with Gasteiger partial charge in [-0.15, -0.1) is 0 Å². The number of hydrogen-bond donors (Lipinski definition) is 1. The van der Waals surface area contributed by atoms with Gasteiger partial charge in [0.25, 0.3) is 0 Å². The van der Waals surface area contributed by atoms with Gasteiger partial charge in [-0.25, -0.2) is 0 Å². The minimum atomic E-state index is 0.461. The van der Waals surface area contributed by atoms with Gasteiger partial charge in [-0.05, 0) is 56.3 Å². The largest absolute Gasteiger partial charge is 0.330 e. The molecule has 1 saturated carbocycles. The van der Waals surface area contributed by atoms with Crippen molar-refractivity contribution in [2.24, 2.45) is 11.7 Å². The van der Waals surface area contributed by atoms with Crippen LogP contribution in [-0.2, 0) is 0 Å². The fraction of sp³-hybridized carbons (Fsp3) is 0.684. The van der Waals surface area contributed by atoms with Gasteiger partial charge in [0.1, 0.15) is 0 Å². The molecule has 0 bridgehead atoms. The second-order valence-corrected chi connectivity index (χ2v) is 7.01. The molecule has 1 fully saturated rings. The van der Waals surface area contributed by atoms with Gasteiger partial charge in [-0.2, -0.15) is 0 Å². The highest BCUT2D eigenvalue weighted by Gasteiger charge is 2.29. The average Bonchev–Trinajstić information content (AvgIpc) is 2.53. The van der Waals surface area contributed by atoms with Crippen molar-refractivity contribution >= 4 is 0 Å². The lowest BCUT2D eigenvalue weighted by Crippen LogP contribution is -2.44. The normalized spacial score (nSPS) is 24.5. The van der Waals surface area contributed by atoms with E-state index < -0.39 is 0 Å². The maximum atomic E-state index is 6.00. The van der Waals surface area contributed by atoms with E-state index in [-0.39, 0.29) is 0 Å². The molecule has 0 aromatic heterocycles. The van der Waals surface area contributed by atoms with Gasteiger partial charge in [0.2, 0.25) is 0 Å². The first-order chi connectivity index (χ1) is 10.0. The molecule has 118 valence electrons. The smallest absolute Gasteiger partial charge is 0.0319 e. The number of nitrogens with two attached hydrogens (primary N) is 1. The van der Waals surface area contributed by atoms with Crippen molar-refractivity contribution < 1.29 is 0 Å². The molecular formula is C19H32N2. The molecule has 2 nitrogen and oxygen atoms in total. The van der Waals surface area contributed by atoms with Gasteiger partial charge in [-0.1, -0.05) is 51.0 Å². The quantitative estimate of drug-likeness (QED) is 0.874. The number of rotatable bonds is 5. The Morgan fingerprint density at radius 2 is 1.62 bits per heavy atom. The van der Waals surface area contributed by atoms with Crippen LogP contribution in [0.4, 0.5) is 0 Å². The van der Waals surface area contributed by atoms with Crippen LogP contribution in [-0.4, -0.2) is 24.5 Å². The first-order valence-corrected chi connectivity index (χ1v) is 8.56. The Balaban J connectivity index is 2.08. The SMILES string of the molecule is CC(C)c1ccc(C(C)N(C)C2CCCCC2CN)cc1. The zero-order chi connectivity index (χ0) is 15.4. The predicted molar refractivity (Wildman–Crippen MR) is 91.5 cm³/mol. The summed E-state index contributed by atoms with van der Waals surface area (Å²) in [5.41, 5.74) is 8.84. The minimum absolute atomic E-state index is 0.461. The molecule has 0 spiro atoms. The van der Waals surface area contributed by atoms with Crippen LogP contribution in [0, 0.1) is 5.92 Å². The third-order valence-electron chi connectivity index (χ3n) is 5.39. The molecule has 3 unspecified atom stereocenters. The van der Waals surface area contributed by atoms with E-state index in [0.29, 0.717) is 23.9 Å². The van der Waals surface area contributed by atoms with Crippen molar-refractivity contribution in [1.82, 2.24) is 4.90 Å². The number of nitrogens with zero attached hydrogens (tertiary/aromatic N) is 1. The van der Waals surface area contributed by atoms with Crippen LogP contribution in [0.5, 0.6) is 0 Å².